The quantitative estimate of drug-likeness (QED) is 0.850. The molecule has 0 saturated heterocycles. The molecule has 1 fully saturated rings. The molecular weight excluding hydrogens is 198 g/mol. The number of hydrogen-bond donors (Lipinski definition) is 1. The molecule has 1 N–H and O–H groups in total. The van der Waals surface area contributed by atoms with E-state index in [1.807, 2.05) is 17.9 Å². The molecule has 0 spiro atoms. The Hall–Kier alpha value is -0.830. The molecule has 16 heavy (non-hydrogen) atoms. The van der Waals surface area contributed by atoms with Gasteiger partial charge in [-0.1, -0.05) is 32.1 Å². The molecule has 1 aliphatic carbocycles. The van der Waals surface area contributed by atoms with Gasteiger partial charge in [0.15, 0.2) is 0 Å². The van der Waals surface area contributed by atoms with Gasteiger partial charge in [-0.05, 0) is 12.8 Å². The second kappa shape index (κ2) is 6.04. The van der Waals surface area contributed by atoms with E-state index in [0.29, 0.717) is 0 Å². The van der Waals surface area contributed by atoms with Gasteiger partial charge in [0.25, 0.3) is 0 Å². The number of aryl methyl sites for hydroxylation is 1. The minimum Gasteiger partial charge on any atom is -0.310 e. The lowest BCUT2D eigenvalue weighted by Crippen LogP contribution is -2.29. The summed E-state index contributed by atoms with van der Waals surface area (Å²) in [5.74, 6) is 0. The first-order valence-corrected chi connectivity index (χ1v) is 6.55. The highest BCUT2D eigenvalue weighted by Crippen LogP contribution is 2.17. The van der Waals surface area contributed by atoms with Gasteiger partial charge in [0.05, 0.1) is 6.20 Å². The summed E-state index contributed by atoms with van der Waals surface area (Å²) in [6, 6.07) is 0.723. The van der Waals surface area contributed by atoms with Gasteiger partial charge in [0.2, 0.25) is 0 Å². The predicted octanol–water partition coefficient (Wildman–Crippen LogP) is 2.62. The van der Waals surface area contributed by atoms with Crippen molar-refractivity contribution in [2.75, 3.05) is 0 Å². The van der Waals surface area contributed by atoms with Crippen molar-refractivity contribution in [2.45, 2.75) is 57.5 Å². The van der Waals surface area contributed by atoms with Gasteiger partial charge in [0, 0.05) is 31.4 Å². The molecule has 1 heterocycles. The van der Waals surface area contributed by atoms with Gasteiger partial charge in [-0.3, -0.25) is 4.68 Å². The fourth-order valence-electron chi connectivity index (χ4n) is 2.49. The van der Waals surface area contributed by atoms with Crippen molar-refractivity contribution in [3.05, 3.63) is 18.0 Å². The first-order valence-electron chi connectivity index (χ1n) is 6.55. The summed E-state index contributed by atoms with van der Waals surface area (Å²) in [4.78, 5) is 0. The monoisotopic (exact) mass is 221 g/mol. The zero-order valence-corrected chi connectivity index (χ0v) is 10.3. The Bertz CT molecular complexity index is 298. The third-order valence-corrected chi connectivity index (χ3v) is 3.46. The van der Waals surface area contributed by atoms with Crippen molar-refractivity contribution in [1.82, 2.24) is 15.1 Å². The van der Waals surface area contributed by atoms with E-state index in [0.717, 1.165) is 12.6 Å². The van der Waals surface area contributed by atoms with E-state index < -0.39 is 0 Å². The van der Waals surface area contributed by atoms with Crippen LogP contribution >= 0.6 is 0 Å². The van der Waals surface area contributed by atoms with Crippen LogP contribution in [0.4, 0.5) is 0 Å². The van der Waals surface area contributed by atoms with Crippen LogP contribution in [0.1, 0.15) is 50.5 Å². The van der Waals surface area contributed by atoms with Gasteiger partial charge >= 0.3 is 0 Å². The zero-order chi connectivity index (χ0) is 11.2. The molecule has 0 aromatic carbocycles. The maximum Gasteiger partial charge on any atom is 0.0534 e. The Morgan fingerprint density at radius 3 is 2.56 bits per heavy atom. The van der Waals surface area contributed by atoms with Gasteiger partial charge in [-0.25, -0.2) is 0 Å². The number of nitrogens with one attached hydrogen (secondary N) is 1. The Morgan fingerprint density at radius 2 is 1.94 bits per heavy atom. The summed E-state index contributed by atoms with van der Waals surface area (Å²) in [6.07, 6.45) is 13.8. The average molecular weight is 221 g/mol. The lowest BCUT2D eigenvalue weighted by atomic mass is 9.97. The molecule has 0 atom stereocenters. The fourth-order valence-corrected chi connectivity index (χ4v) is 2.49. The molecule has 0 amide bonds. The minimum atomic E-state index is 0.723. The Kier molecular flexibility index (Phi) is 4.40. The van der Waals surface area contributed by atoms with E-state index in [-0.39, 0.29) is 0 Å². The van der Waals surface area contributed by atoms with E-state index in [1.165, 1.54) is 50.5 Å². The fraction of sp³-hybridized carbons (Fsp3) is 0.769. The molecule has 1 saturated carbocycles. The molecule has 3 nitrogen and oxygen atoms in total. The molecular formula is C13H23N3. The highest BCUT2D eigenvalue weighted by atomic mass is 15.2. The Labute approximate surface area is 98.2 Å². The third-order valence-electron chi connectivity index (χ3n) is 3.46. The normalized spacial score (nSPS) is 19.3. The van der Waals surface area contributed by atoms with Crippen molar-refractivity contribution in [3.8, 4) is 0 Å². The standard InChI is InChI=1S/C13H23N3/c1-16-11-12(10-15-16)9-14-13-7-5-3-2-4-6-8-13/h10-11,13-14H,2-9H2,1H3. The molecule has 90 valence electrons. The summed E-state index contributed by atoms with van der Waals surface area (Å²) in [5, 5.41) is 7.86. The third kappa shape index (κ3) is 3.63. The summed E-state index contributed by atoms with van der Waals surface area (Å²) in [7, 11) is 1.97. The van der Waals surface area contributed by atoms with Gasteiger partial charge < -0.3 is 5.32 Å². The first-order chi connectivity index (χ1) is 7.84. The number of rotatable bonds is 3. The van der Waals surface area contributed by atoms with Crippen LogP contribution in [0.3, 0.4) is 0 Å². The van der Waals surface area contributed by atoms with E-state index >= 15 is 0 Å². The molecule has 0 unspecified atom stereocenters. The van der Waals surface area contributed by atoms with Gasteiger partial charge in [0.1, 0.15) is 0 Å². The van der Waals surface area contributed by atoms with Crippen LogP contribution in [0.2, 0.25) is 0 Å². The van der Waals surface area contributed by atoms with Crippen LogP contribution in [-0.2, 0) is 13.6 Å². The molecule has 3 heteroatoms. The smallest absolute Gasteiger partial charge is 0.0534 e. The Morgan fingerprint density at radius 1 is 1.25 bits per heavy atom. The van der Waals surface area contributed by atoms with E-state index in [1.54, 1.807) is 0 Å². The SMILES string of the molecule is Cn1cc(CNC2CCCCCCC2)cn1. The second-order valence-electron chi connectivity index (χ2n) is 4.95. The lowest BCUT2D eigenvalue weighted by Gasteiger charge is -2.20. The molecule has 0 bridgehead atoms. The predicted molar refractivity (Wildman–Crippen MR) is 66.2 cm³/mol. The summed E-state index contributed by atoms with van der Waals surface area (Å²) in [5.41, 5.74) is 1.30. The van der Waals surface area contributed by atoms with Crippen LogP contribution in [-0.4, -0.2) is 15.8 Å². The molecule has 1 aromatic rings. The maximum atomic E-state index is 4.19. The van der Waals surface area contributed by atoms with Crippen molar-refractivity contribution in [1.29, 1.82) is 0 Å². The maximum absolute atomic E-state index is 4.19. The minimum absolute atomic E-state index is 0.723. The van der Waals surface area contributed by atoms with Crippen LogP contribution < -0.4 is 5.32 Å². The van der Waals surface area contributed by atoms with Crippen LogP contribution in [0.5, 0.6) is 0 Å². The summed E-state index contributed by atoms with van der Waals surface area (Å²) >= 11 is 0. The molecule has 0 aliphatic heterocycles. The van der Waals surface area contributed by atoms with E-state index in [9.17, 15) is 0 Å². The van der Waals surface area contributed by atoms with Gasteiger partial charge in [-0.15, -0.1) is 0 Å². The number of nitrogens with zero attached hydrogens (tertiary/aromatic N) is 2. The van der Waals surface area contributed by atoms with Crippen LogP contribution in [0.25, 0.3) is 0 Å². The molecule has 1 aromatic heterocycles. The second-order valence-corrected chi connectivity index (χ2v) is 4.95. The number of aromatic nitrogens is 2. The van der Waals surface area contributed by atoms with Crippen molar-refractivity contribution in [3.63, 3.8) is 0 Å². The molecule has 1 aliphatic rings. The average Bonchev–Trinajstić information content (AvgIpc) is 2.63. The largest absolute Gasteiger partial charge is 0.310 e. The van der Waals surface area contributed by atoms with E-state index in [4.69, 9.17) is 0 Å². The topological polar surface area (TPSA) is 29.9 Å². The van der Waals surface area contributed by atoms with Crippen molar-refractivity contribution in [2.24, 2.45) is 7.05 Å². The Balaban J connectivity index is 1.75. The summed E-state index contributed by atoms with van der Waals surface area (Å²) in [6.45, 7) is 0.971. The van der Waals surface area contributed by atoms with Crippen molar-refractivity contribution >= 4 is 0 Å². The van der Waals surface area contributed by atoms with Crippen molar-refractivity contribution < 1.29 is 0 Å². The van der Waals surface area contributed by atoms with Gasteiger partial charge in [-0.2, -0.15) is 5.10 Å². The zero-order valence-electron chi connectivity index (χ0n) is 10.3. The van der Waals surface area contributed by atoms with Crippen LogP contribution in [0.15, 0.2) is 12.4 Å². The molecule has 2 rings (SSSR count). The highest BCUT2D eigenvalue weighted by Gasteiger charge is 2.10. The number of hydrogen-bond acceptors (Lipinski definition) is 2. The summed E-state index contributed by atoms with van der Waals surface area (Å²) < 4.78 is 1.87. The van der Waals surface area contributed by atoms with E-state index in [2.05, 4.69) is 16.6 Å². The lowest BCUT2D eigenvalue weighted by molar-refractivity contribution is 0.389. The van der Waals surface area contributed by atoms with Crippen LogP contribution in [0, 0.1) is 0 Å². The first kappa shape index (κ1) is 11.6. The highest BCUT2D eigenvalue weighted by molar-refractivity contribution is 5.03. The molecule has 0 radical (unpaired) electrons.